The summed E-state index contributed by atoms with van der Waals surface area (Å²) in [7, 11) is -6.97. The zero-order valence-electron chi connectivity index (χ0n) is 16.0. The Balaban J connectivity index is 1.98. The van der Waals surface area contributed by atoms with Crippen LogP contribution in [0.2, 0.25) is 0 Å². The zero-order chi connectivity index (χ0) is 20.5. The number of hydrogen-bond donors (Lipinski definition) is 1. The van der Waals surface area contributed by atoms with Crippen LogP contribution in [0.15, 0.2) is 53.6 Å². The van der Waals surface area contributed by atoms with Crippen LogP contribution in [0.5, 0.6) is 0 Å². The molecule has 150 valence electrons. The first-order valence-corrected chi connectivity index (χ1v) is 12.3. The minimum Gasteiger partial charge on any atom is -0.284 e. The van der Waals surface area contributed by atoms with Crippen molar-refractivity contribution in [2.75, 3.05) is 16.7 Å². The molecule has 28 heavy (non-hydrogen) atoms. The van der Waals surface area contributed by atoms with Crippen molar-refractivity contribution >= 4 is 31.4 Å². The first-order chi connectivity index (χ1) is 13.1. The van der Waals surface area contributed by atoms with E-state index < -0.39 is 26.1 Å². The van der Waals surface area contributed by atoms with Crippen LogP contribution < -0.4 is 4.72 Å². The molecule has 1 N–H and O–H groups in total. The Morgan fingerprint density at radius 2 is 1.82 bits per heavy atom. The van der Waals surface area contributed by atoms with Crippen LogP contribution in [0.3, 0.4) is 0 Å². The highest BCUT2D eigenvalue weighted by atomic mass is 32.2. The van der Waals surface area contributed by atoms with Crippen molar-refractivity contribution in [1.82, 2.24) is 4.41 Å². The maximum absolute atomic E-state index is 12.3. The highest BCUT2D eigenvalue weighted by Crippen LogP contribution is 2.36. The van der Waals surface area contributed by atoms with Gasteiger partial charge in [0.25, 0.3) is 0 Å². The maximum Gasteiger partial charge on any atom is 0.247 e. The Morgan fingerprint density at radius 3 is 2.46 bits per heavy atom. The lowest BCUT2D eigenvalue weighted by Crippen LogP contribution is -2.26. The minimum atomic E-state index is -3.57. The molecule has 9 heteroatoms. The van der Waals surface area contributed by atoms with Crippen molar-refractivity contribution in [3.05, 3.63) is 65.2 Å². The van der Waals surface area contributed by atoms with E-state index in [4.69, 9.17) is 0 Å². The predicted octanol–water partition coefficient (Wildman–Crippen LogP) is 2.87. The fourth-order valence-electron chi connectivity index (χ4n) is 3.18. The third-order valence-corrected chi connectivity index (χ3v) is 6.93. The highest BCUT2D eigenvalue weighted by molar-refractivity contribution is 7.92. The van der Waals surface area contributed by atoms with E-state index in [1.165, 1.54) is 0 Å². The Hall–Kier alpha value is -2.39. The minimum absolute atomic E-state index is 0.0324. The number of hydrogen-bond acceptors (Lipinski definition) is 5. The van der Waals surface area contributed by atoms with Gasteiger partial charge in [0.1, 0.15) is 0 Å². The first kappa shape index (κ1) is 20.3. The van der Waals surface area contributed by atoms with Crippen molar-refractivity contribution in [2.45, 2.75) is 26.3 Å². The molecule has 1 aliphatic rings. The first-order valence-electron chi connectivity index (χ1n) is 8.84. The zero-order valence-corrected chi connectivity index (χ0v) is 17.6. The fraction of sp³-hybridized carbons (Fsp3) is 0.316. The smallest absolute Gasteiger partial charge is 0.247 e. The van der Waals surface area contributed by atoms with E-state index in [0.29, 0.717) is 23.4 Å². The number of rotatable bonds is 6. The van der Waals surface area contributed by atoms with E-state index in [-0.39, 0.29) is 5.75 Å². The number of sulfonamides is 2. The van der Waals surface area contributed by atoms with Gasteiger partial charge in [-0.15, -0.1) is 0 Å². The molecular formula is C19H23N3O4S2. The summed E-state index contributed by atoms with van der Waals surface area (Å²) in [6.45, 7) is 3.50. The molecule has 1 heterocycles. The molecule has 0 fully saturated rings. The lowest BCUT2D eigenvalue weighted by molar-refractivity contribution is 0.374. The van der Waals surface area contributed by atoms with Crippen molar-refractivity contribution in [3.63, 3.8) is 0 Å². The summed E-state index contributed by atoms with van der Waals surface area (Å²) < 4.78 is 52.0. The molecule has 0 saturated carbocycles. The van der Waals surface area contributed by atoms with E-state index in [2.05, 4.69) is 9.82 Å². The molecule has 2 aromatic carbocycles. The van der Waals surface area contributed by atoms with Gasteiger partial charge >= 0.3 is 0 Å². The molecule has 2 aromatic rings. The van der Waals surface area contributed by atoms with E-state index in [9.17, 15) is 16.8 Å². The molecule has 7 nitrogen and oxygen atoms in total. The van der Waals surface area contributed by atoms with E-state index in [1.54, 1.807) is 31.2 Å². The van der Waals surface area contributed by atoms with Crippen LogP contribution in [-0.2, 0) is 20.0 Å². The van der Waals surface area contributed by atoms with E-state index in [1.807, 2.05) is 31.2 Å². The van der Waals surface area contributed by atoms with Crippen LogP contribution in [-0.4, -0.2) is 39.0 Å². The highest BCUT2D eigenvalue weighted by Gasteiger charge is 2.35. The number of nitrogens with one attached hydrogen (secondary N) is 1. The van der Waals surface area contributed by atoms with Gasteiger partial charge in [-0.25, -0.2) is 16.8 Å². The van der Waals surface area contributed by atoms with Crippen molar-refractivity contribution in [1.29, 1.82) is 0 Å². The van der Waals surface area contributed by atoms with Gasteiger partial charge in [-0.05, 0) is 42.7 Å². The van der Waals surface area contributed by atoms with Gasteiger partial charge in [-0.2, -0.15) is 9.52 Å². The van der Waals surface area contributed by atoms with Crippen LogP contribution in [0.1, 0.15) is 36.1 Å². The average Bonchev–Trinajstić information content (AvgIpc) is 3.08. The summed E-state index contributed by atoms with van der Waals surface area (Å²) in [6, 6.07) is 14.0. The van der Waals surface area contributed by atoms with Gasteiger partial charge < -0.3 is 0 Å². The molecule has 0 radical (unpaired) electrons. The average molecular weight is 422 g/mol. The normalized spacial score (nSPS) is 17.5. The Labute approximate surface area is 166 Å². The summed E-state index contributed by atoms with van der Waals surface area (Å²) in [4.78, 5) is 0. The third kappa shape index (κ3) is 4.36. The summed E-state index contributed by atoms with van der Waals surface area (Å²) in [5, 5.41) is 4.37. The Kier molecular flexibility index (Phi) is 5.49. The van der Waals surface area contributed by atoms with Gasteiger partial charge in [0, 0.05) is 12.1 Å². The molecule has 0 amide bonds. The van der Waals surface area contributed by atoms with E-state index >= 15 is 0 Å². The van der Waals surface area contributed by atoms with Gasteiger partial charge in [0.2, 0.25) is 20.0 Å². The number of hydrazone groups is 1. The summed E-state index contributed by atoms with van der Waals surface area (Å²) in [5.74, 6) is -0.0324. The third-order valence-electron chi connectivity index (χ3n) is 4.61. The fourth-order valence-corrected chi connectivity index (χ4v) is 4.70. The van der Waals surface area contributed by atoms with Gasteiger partial charge in [-0.1, -0.05) is 36.4 Å². The maximum atomic E-state index is 12.3. The molecule has 1 aliphatic heterocycles. The Morgan fingerprint density at radius 1 is 1.11 bits per heavy atom. The topological polar surface area (TPSA) is 95.9 Å². The molecule has 1 unspecified atom stereocenters. The standard InChI is InChI=1S/C19H23N3O4S2/c1-4-28(25,26)21-16-10-7-9-15(12-16)18-13-19(22(20-18)27(3,23)24)17-11-6-5-8-14(17)2/h5-12,19,21H,4,13H2,1-3H3. The van der Waals surface area contributed by atoms with Crippen molar-refractivity contribution in [2.24, 2.45) is 5.10 Å². The van der Waals surface area contributed by atoms with Crippen LogP contribution in [0, 0.1) is 6.92 Å². The number of benzene rings is 2. The molecule has 0 aliphatic carbocycles. The van der Waals surface area contributed by atoms with Gasteiger partial charge in [-0.3, -0.25) is 4.72 Å². The van der Waals surface area contributed by atoms with Gasteiger partial charge in [0.15, 0.2) is 0 Å². The predicted molar refractivity (Wildman–Crippen MR) is 111 cm³/mol. The number of anilines is 1. The van der Waals surface area contributed by atoms with Crippen molar-refractivity contribution < 1.29 is 16.8 Å². The van der Waals surface area contributed by atoms with Crippen LogP contribution in [0.25, 0.3) is 0 Å². The SMILES string of the molecule is CCS(=O)(=O)Nc1cccc(C2=NN(S(C)(=O)=O)C(c3ccccc3C)C2)c1. The summed E-state index contributed by atoms with van der Waals surface area (Å²) >= 11 is 0. The second-order valence-corrected chi connectivity index (χ2v) is 10.6. The molecule has 0 saturated heterocycles. The lowest BCUT2D eigenvalue weighted by atomic mass is 9.96. The molecule has 1 atom stereocenters. The second kappa shape index (κ2) is 7.56. The van der Waals surface area contributed by atoms with E-state index in [0.717, 1.165) is 21.8 Å². The quantitative estimate of drug-likeness (QED) is 0.776. The molecule has 0 aromatic heterocycles. The van der Waals surface area contributed by atoms with Crippen molar-refractivity contribution in [3.8, 4) is 0 Å². The molecule has 0 spiro atoms. The van der Waals surface area contributed by atoms with Gasteiger partial charge in [0.05, 0.1) is 23.8 Å². The summed E-state index contributed by atoms with van der Waals surface area (Å²) in [5.41, 5.74) is 3.58. The molecule has 0 bridgehead atoms. The van der Waals surface area contributed by atoms with Crippen LogP contribution >= 0.6 is 0 Å². The molecular weight excluding hydrogens is 398 g/mol. The summed E-state index contributed by atoms with van der Waals surface area (Å²) in [6.07, 6.45) is 1.54. The Bertz CT molecular complexity index is 1130. The van der Waals surface area contributed by atoms with Crippen LogP contribution in [0.4, 0.5) is 5.69 Å². The molecule has 3 rings (SSSR count). The number of nitrogens with zero attached hydrogens (tertiary/aromatic N) is 2. The lowest BCUT2D eigenvalue weighted by Gasteiger charge is -2.22. The second-order valence-electron chi connectivity index (χ2n) is 6.75. The monoisotopic (exact) mass is 421 g/mol. The largest absolute Gasteiger partial charge is 0.284 e. The number of aryl methyl sites for hydroxylation is 1.